The summed E-state index contributed by atoms with van der Waals surface area (Å²) in [6, 6.07) is 15.3. The third-order valence-electron chi connectivity index (χ3n) is 4.92. The van der Waals surface area contributed by atoms with Gasteiger partial charge in [-0.2, -0.15) is 0 Å². The number of methoxy groups -OCH3 is 1. The Morgan fingerprint density at radius 3 is 2.46 bits per heavy atom. The Labute approximate surface area is 165 Å². The molecule has 1 heterocycles. The van der Waals surface area contributed by atoms with Crippen LogP contribution in [-0.2, 0) is 16.0 Å². The predicted molar refractivity (Wildman–Crippen MR) is 108 cm³/mol. The van der Waals surface area contributed by atoms with E-state index in [2.05, 4.69) is 6.07 Å². The first kappa shape index (κ1) is 19.7. The summed E-state index contributed by atoms with van der Waals surface area (Å²) in [5, 5.41) is 0. The number of amides is 2. The molecule has 28 heavy (non-hydrogen) atoms. The molecule has 0 radical (unpaired) electrons. The topological polar surface area (TPSA) is 59.1 Å². The molecule has 3 rings (SSSR count). The second kappa shape index (κ2) is 9.26. The summed E-state index contributed by atoms with van der Waals surface area (Å²) in [5.41, 5.74) is 2.19. The van der Waals surface area contributed by atoms with Crippen molar-refractivity contribution in [2.24, 2.45) is 0 Å². The normalized spacial score (nSPS) is 12.4. The van der Waals surface area contributed by atoms with Crippen molar-refractivity contribution in [1.82, 2.24) is 4.90 Å². The van der Waals surface area contributed by atoms with Gasteiger partial charge in [0.1, 0.15) is 18.1 Å². The Balaban J connectivity index is 1.48. The minimum atomic E-state index is -0.0621. The van der Waals surface area contributed by atoms with Gasteiger partial charge in [0, 0.05) is 32.1 Å². The number of carbonyl (C=O) groups excluding carboxylic acids is 2. The van der Waals surface area contributed by atoms with Gasteiger partial charge >= 0.3 is 0 Å². The van der Waals surface area contributed by atoms with Crippen LogP contribution in [0.15, 0.2) is 48.5 Å². The van der Waals surface area contributed by atoms with Crippen LogP contribution in [0.5, 0.6) is 11.5 Å². The molecule has 0 spiro atoms. The molecule has 0 bridgehead atoms. The molecule has 6 heteroatoms. The molecule has 148 valence electrons. The SMILES string of the molecule is COc1ccc(OCCN(CCC(=O)N2CCc3ccccc32)C(C)=O)cc1. The van der Waals surface area contributed by atoms with Crippen LogP contribution >= 0.6 is 0 Å². The first-order valence-corrected chi connectivity index (χ1v) is 9.49. The number of fused-ring (bicyclic) bond motifs is 1. The highest BCUT2D eigenvalue weighted by Crippen LogP contribution is 2.27. The quantitative estimate of drug-likeness (QED) is 0.704. The lowest BCUT2D eigenvalue weighted by Gasteiger charge is -2.23. The van der Waals surface area contributed by atoms with Crippen LogP contribution < -0.4 is 14.4 Å². The van der Waals surface area contributed by atoms with E-state index in [1.165, 1.54) is 12.5 Å². The standard InChI is InChI=1S/C22H26N2O4/c1-17(25)23(15-16-28-20-9-7-19(27-2)8-10-20)13-12-22(26)24-14-11-18-5-3-4-6-21(18)24/h3-10H,11-16H2,1-2H3. The lowest BCUT2D eigenvalue weighted by Crippen LogP contribution is -2.37. The number of para-hydroxylation sites is 1. The molecule has 0 N–H and O–H groups in total. The smallest absolute Gasteiger partial charge is 0.228 e. The lowest BCUT2D eigenvalue weighted by molar-refractivity contribution is -0.129. The summed E-state index contributed by atoms with van der Waals surface area (Å²) in [6.07, 6.45) is 1.19. The Kier molecular flexibility index (Phi) is 6.53. The molecule has 2 aromatic rings. The van der Waals surface area contributed by atoms with Gasteiger partial charge in [-0.05, 0) is 42.3 Å². The lowest BCUT2D eigenvalue weighted by atomic mass is 10.2. The van der Waals surface area contributed by atoms with Crippen LogP contribution in [0, 0.1) is 0 Å². The Bertz CT molecular complexity index is 820. The summed E-state index contributed by atoms with van der Waals surface area (Å²) < 4.78 is 10.8. The number of benzene rings is 2. The van der Waals surface area contributed by atoms with Crippen LogP contribution in [0.3, 0.4) is 0 Å². The zero-order valence-electron chi connectivity index (χ0n) is 16.4. The van der Waals surface area contributed by atoms with Gasteiger partial charge in [0.2, 0.25) is 11.8 Å². The van der Waals surface area contributed by atoms with Gasteiger partial charge in [-0.25, -0.2) is 0 Å². The summed E-state index contributed by atoms with van der Waals surface area (Å²) >= 11 is 0. The van der Waals surface area contributed by atoms with Crippen LogP contribution in [0.1, 0.15) is 18.9 Å². The van der Waals surface area contributed by atoms with Crippen molar-refractivity contribution in [3.63, 3.8) is 0 Å². The van der Waals surface area contributed by atoms with Gasteiger partial charge in [0.25, 0.3) is 0 Å². The highest BCUT2D eigenvalue weighted by Gasteiger charge is 2.24. The maximum absolute atomic E-state index is 12.6. The van der Waals surface area contributed by atoms with Crippen LogP contribution in [0.2, 0.25) is 0 Å². The van der Waals surface area contributed by atoms with Gasteiger partial charge in [0.05, 0.1) is 13.7 Å². The molecular formula is C22H26N2O4. The van der Waals surface area contributed by atoms with E-state index < -0.39 is 0 Å². The summed E-state index contributed by atoms with van der Waals surface area (Å²) in [6.45, 7) is 3.42. The second-order valence-electron chi connectivity index (χ2n) is 6.70. The maximum Gasteiger partial charge on any atom is 0.228 e. The Morgan fingerprint density at radius 1 is 1.04 bits per heavy atom. The number of rotatable bonds is 8. The minimum absolute atomic E-state index is 0.0484. The number of hydrogen-bond acceptors (Lipinski definition) is 4. The van der Waals surface area contributed by atoms with E-state index in [-0.39, 0.29) is 11.8 Å². The third kappa shape index (κ3) is 4.82. The molecule has 0 aromatic heterocycles. The van der Waals surface area contributed by atoms with Crippen molar-refractivity contribution in [3.05, 3.63) is 54.1 Å². The highest BCUT2D eigenvalue weighted by atomic mass is 16.5. The Morgan fingerprint density at radius 2 is 1.75 bits per heavy atom. The zero-order chi connectivity index (χ0) is 19.9. The molecular weight excluding hydrogens is 356 g/mol. The average molecular weight is 382 g/mol. The summed E-state index contributed by atoms with van der Waals surface area (Å²) in [5.74, 6) is 1.47. The van der Waals surface area contributed by atoms with Crippen LogP contribution in [-0.4, -0.2) is 50.1 Å². The molecule has 1 aliphatic rings. The summed E-state index contributed by atoms with van der Waals surface area (Å²) in [4.78, 5) is 28.0. The fourth-order valence-corrected chi connectivity index (χ4v) is 3.34. The molecule has 6 nitrogen and oxygen atoms in total. The summed E-state index contributed by atoms with van der Waals surface area (Å²) in [7, 11) is 1.61. The monoisotopic (exact) mass is 382 g/mol. The largest absolute Gasteiger partial charge is 0.497 e. The number of ether oxygens (including phenoxy) is 2. The number of carbonyl (C=O) groups is 2. The van der Waals surface area contributed by atoms with Gasteiger partial charge in [0.15, 0.2) is 0 Å². The van der Waals surface area contributed by atoms with E-state index in [0.29, 0.717) is 38.4 Å². The molecule has 1 aliphatic heterocycles. The molecule has 0 unspecified atom stereocenters. The van der Waals surface area contributed by atoms with Crippen molar-refractivity contribution in [2.45, 2.75) is 19.8 Å². The first-order chi connectivity index (χ1) is 13.6. The van der Waals surface area contributed by atoms with Crippen molar-refractivity contribution in [1.29, 1.82) is 0 Å². The molecule has 2 amide bonds. The van der Waals surface area contributed by atoms with Gasteiger partial charge in [-0.15, -0.1) is 0 Å². The highest BCUT2D eigenvalue weighted by molar-refractivity contribution is 5.95. The molecule has 0 fully saturated rings. The van der Waals surface area contributed by atoms with Crippen LogP contribution in [0.25, 0.3) is 0 Å². The zero-order valence-corrected chi connectivity index (χ0v) is 16.4. The molecule has 0 atom stereocenters. The second-order valence-corrected chi connectivity index (χ2v) is 6.70. The maximum atomic E-state index is 12.6. The van der Waals surface area contributed by atoms with E-state index in [9.17, 15) is 9.59 Å². The number of hydrogen-bond donors (Lipinski definition) is 0. The van der Waals surface area contributed by atoms with E-state index in [4.69, 9.17) is 9.47 Å². The van der Waals surface area contributed by atoms with Gasteiger partial charge < -0.3 is 19.3 Å². The number of nitrogens with zero attached hydrogens (tertiary/aromatic N) is 2. The van der Waals surface area contributed by atoms with E-state index in [0.717, 1.165) is 17.9 Å². The molecule has 2 aromatic carbocycles. The van der Waals surface area contributed by atoms with E-state index in [1.54, 1.807) is 12.0 Å². The van der Waals surface area contributed by atoms with Gasteiger partial charge in [-0.3, -0.25) is 9.59 Å². The number of anilines is 1. The average Bonchev–Trinajstić information content (AvgIpc) is 3.14. The third-order valence-corrected chi connectivity index (χ3v) is 4.92. The van der Waals surface area contributed by atoms with Gasteiger partial charge in [-0.1, -0.05) is 18.2 Å². The van der Waals surface area contributed by atoms with Crippen molar-refractivity contribution in [3.8, 4) is 11.5 Å². The van der Waals surface area contributed by atoms with Crippen molar-refractivity contribution >= 4 is 17.5 Å². The first-order valence-electron chi connectivity index (χ1n) is 9.49. The molecule has 0 aliphatic carbocycles. The molecule has 0 saturated heterocycles. The minimum Gasteiger partial charge on any atom is -0.497 e. The Hall–Kier alpha value is -3.02. The van der Waals surface area contributed by atoms with Crippen molar-refractivity contribution < 1.29 is 19.1 Å². The van der Waals surface area contributed by atoms with Crippen LogP contribution in [0.4, 0.5) is 5.69 Å². The van der Waals surface area contributed by atoms with Crippen molar-refractivity contribution in [2.75, 3.05) is 38.3 Å². The van der Waals surface area contributed by atoms with E-state index >= 15 is 0 Å². The fourth-order valence-electron chi connectivity index (χ4n) is 3.34. The molecule has 0 saturated carbocycles. The predicted octanol–water partition coefficient (Wildman–Crippen LogP) is 2.90. The fraction of sp³-hybridized carbons (Fsp3) is 0.364. The van der Waals surface area contributed by atoms with E-state index in [1.807, 2.05) is 47.4 Å².